The molecule has 0 aromatic heterocycles. The predicted octanol–water partition coefficient (Wildman–Crippen LogP) is 12.6. The molecule has 1 unspecified atom stereocenters. The molecule has 0 aromatic carbocycles. The number of ether oxygens (including phenoxy) is 2. The first-order valence-electron chi connectivity index (χ1n) is 22.2. The Bertz CT molecular complexity index is 886. The summed E-state index contributed by atoms with van der Waals surface area (Å²) in [5.41, 5.74) is 5.35. The van der Waals surface area contributed by atoms with E-state index in [-0.39, 0.29) is 38.6 Å². The van der Waals surface area contributed by atoms with Gasteiger partial charge in [-0.15, -0.1) is 0 Å². The minimum absolute atomic E-state index is 0.0534. The molecule has 2 atom stereocenters. The molecule has 0 fully saturated rings. The van der Waals surface area contributed by atoms with E-state index in [0.29, 0.717) is 6.42 Å². The van der Waals surface area contributed by atoms with Gasteiger partial charge in [0.05, 0.1) is 13.2 Å². The summed E-state index contributed by atoms with van der Waals surface area (Å²) in [6.07, 6.45) is 41.0. The fraction of sp³-hybridized carbons (Fsp3) is 0.907. The molecule has 314 valence electrons. The smallest absolute Gasteiger partial charge is 0.462 e. The summed E-state index contributed by atoms with van der Waals surface area (Å²) < 4.78 is 32.8. The minimum Gasteiger partial charge on any atom is -0.462 e. The second kappa shape index (κ2) is 40.4. The van der Waals surface area contributed by atoms with E-state index in [1.807, 2.05) is 0 Å². The zero-order valence-corrected chi connectivity index (χ0v) is 35.4. The van der Waals surface area contributed by atoms with Crippen molar-refractivity contribution >= 4 is 19.8 Å². The summed E-state index contributed by atoms with van der Waals surface area (Å²) in [5.74, 6) is -0.843. The first-order chi connectivity index (χ1) is 25.8. The third-order valence-corrected chi connectivity index (χ3v) is 10.6. The SMILES string of the molecule is CCCCCCCCCCC/C=C/CCCCC(=O)O[C@H](COC(=O)CCCCCCCCCCCCCCCCCCC)COP(=O)(O)OCCN. The maximum Gasteiger partial charge on any atom is 0.472 e. The van der Waals surface area contributed by atoms with Gasteiger partial charge in [0.2, 0.25) is 0 Å². The van der Waals surface area contributed by atoms with Crippen molar-refractivity contribution in [2.45, 2.75) is 225 Å². The first-order valence-corrected chi connectivity index (χ1v) is 23.7. The molecule has 0 saturated heterocycles. The number of esters is 2. The Balaban J connectivity index is 4.12. The summed E-state index contributed by atoms with van der Waals surface area (Å²) in [5, 5.41) is 0. The lowest BCUT2D eigenvalue weighted by Crippen LogP contribution is -2.29. The number of phosphoric ester groups is 1. The van der Waals surface area contributed by atoms with Crippen LogP contribution in [0.15, 0.2) is 12.2 Å². The van der Waals surface area contributed by atoms with E-state index in [4.69, 9.17) is 24.3 Å². The largest absolute Gasteiger partial charge is 0.472 e. The van der Waals surface area contributed by atoms with Crippen molar-refractivity contribution in [3.05, 3.63) is 12.2 Å². The zero-order chi connectivity index (χ0) is 38.9. The number of carbonyl (C=O) groups excluding carboxylic acids is 2. The molecule has 0 aliphatic rings. The number of hydrogen-bond acceptors (Lipinski definition) is 8. The van der Waals surface area contributed by atoms with Gasteiger partial charge in [0.1, 0.15) is 6.61 Å². The monoisotopic (exact) mass is 774 g/mol. The summed E-state index contributed by atoms with van der Waals surface area (Å²) in [4.78, 5) is 34.8. The quantitative estimate of drug-likeness (QED) is 0.0269. The minimum atomic E-state index is -4.38. The van der Waals surface area contributed by atoms with Gasteiger partial charge in [0.15, 0.2) is 6.10 Å². The summed E-state index contributed by atoms with van der Waals surface area (Å²) in [7, 11) is -4.38. The van der Waals surface area contributed by atoms with Gasteiger partial charge in [-0.25, -0.2) is 4.57 Å². The van der Waals surface area contributed by atoms with E-state index in [1.165, 1.54) is 148 Å². The lowest BCUT2D eigenvalue weighted by Gasteiger charge is -2.19. The van der Waals surface area contributed by atoms with Gasteiger partial charge in [0.25, 0.3) is 0 Å². The predicted molar refractivity (Wildman–Crippen MR) is 220 cm³/mol. The normalized spacial score (nSPS) is 13.4. The van der Waals surface area contributed by atoms with Crippen LogP contribution < -0.4 is 5.73 Å². The van der Waals surface area contributed by atoms with Crippen LogP contribution in [0, 0.1) is 0 Å². The first kappa shape index (κ1) is 51.8. The maximum atomic E-state index is 12.6. The Morgan fingerprint density at radius 3 is 1.38 bits per heavy atom. The molecule has 0 aliphatic heterocycles. The summed E-state index contributed by atoms with van der Waals surface area (Å²) >= 11 is 0. The molecule has 0 rings (SSSR count). The van der Waals surface area contributed by atoms with E-state index >= 15 is 0 Å². The highest BCUT2D eigenvalue weighted by Crippen LogP contribution is 2.43. The highest BCUT2D eigenvalue weighted by molar-refractivity contribution is 7.47. The highest BCUT2D eigenvalue weighted by atomic mass is 31.2. The Hall–Kier alpha value is -1.25. The molecule has 3 N–H and O–H groups in total. The van der Waals surface area contributed by atoms with Gasteiger partial charge < -0.3 is 20.1 Å². The molecule has 0 saturated carbocycles. The molecule has 10 heteroatoms. The Morgan fingerprint density at radius 1 is 0.547 bits per heavy atom. The number of hydrogen-bond donors (Lipinski definition) is 2. The van der Waals surface area contributed by atoms with Crippen LogP contribution in [0.2, 0.25) is 0 Å². The van der Waals surface area contributed by atoms with Crippen LogP contribution in [0.4, 0.5) is 0 Å². The fourth-order valence-electron chi connectivity index (χ4n) is 6.34. The van der Waals surface area contributed by atoms with E-state index in [2.05, 4.69) is 26.0 Å². The van der Waals surface area contributed by atoms with Crippen LogP contribution in [0.3, 0.4) is 0 Å². The molecule has 0 heterocycles. The standard InChI is InChI=1S/C43H84NO8P/c1-3-5-7-9-11-13-15-17-19-20-22-23-25-27-29-31-33-35-42(45)49-39-41(40-51-53(47,48)50-38-37-44)52-43(46)36-34-32-30-28-26-24-21-18-16-14-12-10-8-6-4-2/h26,28,41H,3-25,27,29-40,44H2,1-2H3,(H,47,48)/b28-26+/t41-/m1/s1. The van der Waals surface area contributed by atoms with Gasteiger partial charge in [0, 0.05) is 19.4 Å². The number of unbranched alkanes of at least 4 members (excludes halogenated alkanes) is 27. The van der Waals surface area contributed by atoms with Crippen molar-refractivity contribution in [1.29, 1.82) is 0 Å². The van der Waals surface area contributed by atoms with Crippen LogP contribution in [-0.2, 0) is 32.7 Å². The van der Waals surface area contributed by atoms with Crippen molar-refractivity contribution < 1.29 is 37.6 Å². The Labute approximate surface area is 326 Å². The average Bonchev–Trinajstić information content (AvgIpc) is 3.14. The van der Waals surface area contributed by atoms with Crippen LogP contribution in [-0.4, -0.2) is 49.3 Å². The molecule has 9 nitrogen and oxygen atoms in total. The highest BCUT2D eigenvalue weighted by Gasteiger charge is 2.26. The van der Waals surface area contributed by atoms with E-state index in [0.717, 1.165) is 38.5 Å². The maximum absolute atomic E-state index is 12.6. The van der Waals surface area contributed by atoms with E-state index in [9.17, 15) is 19.0 Å². The van der Waals surface area contributed by atoms with Gasteiger partial charge in [-0.05, 0) is 38.5 Å². The van der Waals surface area contributed by atoms with E-state index < -0.39 is 26.5 Å². The average molecular weight is 774 g/mol. The zero-order valence-electron chi connectivity index (χ0n) is 34.5. The van der Waals surface area contributed by atoms with Crippen molar-refractivity contribution in [2.24, 2.45) is 5.73 Å². The number of nitrogens with two attached hydrogens (primary N) is 1. The van der Waals surface area contributed by atoms with Crippen LogP contribution in [0.1, 0.15) is 219 Å². The summed E-state index contributed by atoms with van der Waals surface area (Å²) in [6.45, 7) is 3.74. The molecule has 53 heavy (non-hydrogen) atoms. The molecule has 0 spiro atoms. The molecule has 0 aliphatic carbocycles. The van der Waals surface area contributed by atoms with Crippen molar-refractivity contribution in [3.63, 3.8) is 0 Å². The molecule has 0 radical (unpaired) electrons. The lowest BCUT2D eigenvalue weighted by atomic mass is 10.0. The van der Waals surface area contributed by atoms with Gasteiger partial charge in [-0.1, -0.05) is 180 Å². The second-order valence-corrected chi connectivity index (χ2v) is 16.4. The molecule has 0 amide bonds. The third-order valence-electron chi connectivity index (χ3n) is 9.65. The van der Waals surface area contributed by atoms with Gasteiger partial charge in [-0.3, -0.25) is 18.6 Å². The lowest BCUT2D eigenvalue weighted by molar-refractivity contribution is -0.161. The van der Waals surface area contributed by atoms with Gasteiger partial charge in [-0.2, -0.15) is 0 Å². The van der Waals surface area contributed by atoms with Crippen LogP contribution in [0.5, 0.6) is 0 Å². The van der Waals surface area contributed by atoms with Crippen molar-refractivity contribution in [3.8, 4) is 0 Å². The summed E-state index contributed by atoms with van der Waals surface area (Å²) in [6, 6.07) is 0. The van der Waals surface area contributed by atoms with Crippen molar-refractivity contribution in [2.75, 3.05) is 26.4 Å². The molecule has 0 aromatic rings. The van der Waals surface area contributed by atoms with E-state index in [1.54, 1.807) is 0 Å². The number of carbonyl (C=O) groups is 2. The molecule has 0 bridgehead atoms. The second-order valence-electron chi connectivity index (χ2n) is 14.9. The third kappa shape index (κ3) is 40.2. The Kier molecular flexibility index (Phi) is 39.5. The van der Waals surface area contributed by atoms with Gasteiger partial charge >= 0.3 is 19.8 Å². The number of allylic oxidation sites excluding steroid dienone is 2. The van der Waals surface area contributed by atoms with Crippen LogP contribution >= 0.6 is 7.82 Å². The van der Waals surface area contributed by atoms with Crippen molar-refractivity contribution in [1.82, 2.24) is 0 Å². The fourth-order valence-corrected chi connectivity index (χ4v) is 7.10. The Morgan fingerprint density at radius 2 is 0.925 bits per heavy atom. The number of rotatable bonds is 42. The number of phosphoric acid groups is 1. The molecular formula is C43H84NO8P. The molecular weight excluding hydrogens is 689 g/mol. The van der Waals surface area contributed by atoms with Crippen LogP contribution in [0.25, 0.3) is 0 Å². The topological polar surface area (TPSA) is 134 Å².